The Kier molecular flexibility index (Phi) is 8.78. The van der Waals surface area contributed by atoms with Crippen molar-refractivity contribution in [2.45, 2.75) is 57.2 Å². The molecular weight excluding hydrogens is 360 g/mol. The molecule has 0 aromatic heterocycles. The van der Waals surface area contributed by atoms with Gasteiger partial charge in [-0.05, 0) is 43.4 Å². The van der Waals surface area contributed by atoms with Crippen molar-refractivity contribution in [3.8, 4) is 0 Å². The highest BCUT2D eigenvalue weighted by molar-refractivity contribution is 7.85. The third-order valence-corrected chi connectivity index (χ3v) is 6.57. The fourth-order valence-corrected chi connectivity index (χ4v) is 4.77. The second kappa shape index (κ2) is 11.1. The number of carbonyl (C=O) groups excluding carboxylic acids is 1. The van der Waals surface area contributed by atoms with E-state index < -0.39 is 10.8 Å². The third-order valence-electron chi connectivity index (χ3n) is 4.83. The van der Waals surface area contributed by atoms with Crippen LogP contribution in [-0.2, 0) is 22.0 Å². The van der Waals surface area contributed by atoms with Gasteiger partial charge in [0.2, 0.25) is 5.91 Å². The summed E-state index contributed by atoms with van der Waals surface area (Å²) in [5, 5.41) is 9.93. The summed E-state index contributed by atoms with van der Waals surface area (Å²) in [4.78, 5) is 15.4. The minimum absolute atomic E-state index is 0.0630. The van der Waals surface area contributed by atoms with E-state index in [9.17, 15) is 9.00 Å². The van der Waals surface area contributed by atoms with E-state index in [-0.39, 0.29) is 5.91 Å². The van der Waals surface area contributed by atoms with Crippen molar-refractivity contribution in [3.63, 3.8) is 0 Å². The lowest BCUT2D eigenvalue weighted by molar-refractivity contribution is -0.114. The molecule has 0 bridgehead atoms. The van der Waals surface area contributed by atoms with Gasteiger partial charge in [0.1, 0.15) is 0 Å². The van der Waals surface area contributed by atoms with Gasteiger partial charge in [0, 0.05) is 54.0 Å². The SMILES string of the molecule is CCS(=O)C1CCCC(NC(=NC)NCCc2ccc(NC(C)=O)cc2)C1. The molecule has 3 N–H and O–H groups in total. The Balaban J connectivity index is 1.77. The molecule has 1 aromatic carbocycles. The molecule has 0 heterocycles. The zero-order valence-electron chi connectivity index (χ0n) is 16.6. The zero-order valence-corrected chi connectivity index (χ0v) is 17.4. The lowest BCUT2D eigenvalue weighted by Crippen LogP contribution is -2.47. The molecule has 0 radical (unpaired) electrons. The molecule has 3 unspecified atom stereocenters. The summed E-state index contributed by atoms with van der Waals surface area (Å²) < 4.78 is 12.1. The molecule has 1 aliphatic carbocycles. The van der Waals surface area contributed by atoms with Crippen LogP contribution < -0.4 is 16.0 Å². The topological polar surface area (TPSA) is 82.6 Å². The fourth-order valence-electron chi connectivity index (χ4n) is 3.42. The van der Waals surface area contributed by atoms with E-state index in [0.29, 0.717) is 11.3 Å². The first-order valence-electron chi connectivity index (χ1n) is 9.72. The molecular formula is C20H32N4O2S. The van der Waals surface area contributed by atoms with E-state index >= 15 is 0 Å². The highest BCUT2D eigenvalue weighted by Gasteiger charge is 2.25. The lowest BCUT2D eigenvalue weighted by atomic mass is 9.95. The van der Waals surface area contributed by atoms with E-state index in [1.807, 2.05) is 31.2 Å². The standard InChI is InChI=1S/C20H32N4O2S/c1-4-27(26)19-7-5-6-18(14-19)24-20(21-3)22-13-12-16-8-10-17(11-9-16)23-15(2)25/h8-11,18-19H,4-7,12-14H2,1-3H3,(H,23,25)(H2,21,22,24). The summed E-state index contributed by atoms with van der Waals surface area (Å²) in [5.41, 5.74) is 2.01. The first kappa shape index (κ1) is 21.4. The van der Waals surface area contributed by atoms with Crippen LogP contribution in [0.3, 0.4) is 0 Å². The minimum atomic E-state index is -0.714. The molecule has 0 saturated heterocycles. The van der Waals surface area contributed by atoms with Crippen LogP contribution in [-0.4, -0.2) is 46.7 Å². The Bertz CT molecular complexity index is 660. The van der Waals surface area contributed by atoms with Crippen LogP contribution in [0.4, 0.5) is 5.69 Å². The summed E-state index contributed by atoms with van der Waals surface area (Å²) >= 11 is 0. The Morgan fingerprint density at radius 2 is 2.00 bits per heavy atom. The monoisotopic (exact) mass is 392 g/mol. The number of aliphatic imine (C=N–C) groups is 1. The van der Waals surface area contributed by atoms with E-state index in [0.717, 1.165) is 56.0 Å². The summed E-state index contributed by atoms with van der Waals surface area (Å²) in [6.07, 6.45) is 5.10. The van der Waals surface area contributed by atoms with Crippen LogP contribution in [0.2, 0.25) is 0 Å². The highest BCUT2D eigenvalue weighted by atomic mass is 32.2. The van der Waals surface area contributed by atoms with Crippen molar-refractivity contribution in [2.75, 3.05) is 24.7 Å². The molecule has 1 aliphatic rings. The number of nitrogens with one attached hydrogen (secondary N) is 3. The lowest BCUT2D eigenvalue weighted by Gasteiger charge is -2.30. The first-order chi connectivity index (χ1) is 13.0. The molecule has 7 heteroatoms. The van der Waals surface area contributed by atoms with E-state index in [1.165, 1.54) is 12.5 Å². The van der Waals surface area contributed by atoms with Gasteiger partial charge in [-0.15, -0.1) is 0 Å². The molecule has 3 atom stereocenters. The van der Waals surface area contributed by atoms with Crippen LogP contribution >= 0.6 is 0 Å². The quantitative estimate of drug-likeness (QED) is 0.492. The summed E-state index contributed by atoms with van der Waals surface area (Å²) in [6.45, 7) is 4.28. The van der Waals surface area contributed by atoms with Crippen LogP contribution in [0.15, 0.2) is 29.3 Å². The van der Waals surface area contributed by atoms with Gasteiger partial charge in [-0.3, -0.25) is 14.0 Å². The number of anilines is 1. The Morgan fingerprint density at radius 3 is 2.63 bits per heavy atom. The largest absolute Gasteiger partial charge is 0.356 e. The van der Waals surface area contributed by atoms with Gasteiger partial charge in [0.15, 0.2) is 5.96 Å². The molecule has 1 saturated carbocycles. The van der Waals surface area contributed by atoms with Crippen molar-refractivity contribution < 1.29 is 9.00 Å². The third kappa shape index (κ3) is 7.33. The number of guanidine groups is 1. The van der Waals surface area contributed by atoms with Crippen LogP contribution in [0.1, 0.15) is 45.1 Å². The fraction of sp³-hybridized carbons (Fsp3) is 0.600. The molecule has 150 valence electrons. The number of hydrogen-bond acceptors (Lipinski definition) is 3. The van der Waals surface area contributed by atoms with Crippen LogP contribution in [0.5, 0.6) is 0 Å². The zero-order chi connectivity index (χ0) is 19.6. The van der Waals surface area contributed by atoms with Crippen molar-refractivity contribution in [3.05, 3.63) is 29.8 Å². The molecule has 0 spiro atoms. The average Bonchev–Trinajstić information content (AvgIpc) is 2.67. The molecule has 2 rings (SSSR count). The van der Waals surface area contributed by atoms with Crippen molar-refractivity contribution in [1.29, 1.82) is 0 Å². The van der Waals surface area contributed by atoms with Gasteiger partial charge < -0.3 is 16.0 Å². The number of carbonyl (C=O) groups is 1. The van der Waals surface area contributed by atoms with Crippen LogP contribution in [0, 0.1) is 0 Å². The minimum Gasteiger partial charge on any atom is -0.356 e. The maximum absolute atomic E-state index is 12.1. The molecule has 1 fully saturated rings. The van der Waals surface area contributed by atoms with Gasteiger partial charge in [0.25, 0.3) is 0 Å². The Labute approximate surface area is 165 Å². The molecule has 1 amide bonds. The molecule has 27 heavy (non-hydrogen) atoms. The Hall–Kier alpha value is -1.89. The number of nitrogens with zero attached hydrogens (tertiary/aromatic N) is 1. The Morgan fingerprint density at radius 1 is 1.26 bits per heavy atom. The first-order valence-corrected chi connectivity index (χ1v) is 11.1. The second-order valence-electron chi connectivity index (χ2n) is 6.93. The number of rotatable bonds is 7. The van der Waals surface area contributed by atoms with E-state index in [4.69, 9.17) is 0 Å². The number of amides is 1. The van der Waals surface area contributed by atoms with Gasteiger partial charge in [-0.25, -0.2) is 0 Å². The van der Waals surface area contributed by atoms with Crippen molar-refractivity contribution in [1.82, 2.24) is 10.6 Å². The van der Waals surface area contributed by atoms with Gasteiger partial charge in [-0.2, -0.15) is 0 Å². The van der Waals surface area contributed by atoms with E-state index in [2.05, 4.69) is 20.9 Å². The second-order valence-corrected chi connectivity index (χ2v) is 8.93. The summed E-state index contributed by atoms with van der Waals surface area (Å²) in [5.74, 6) is 1.48. The normalized spacial score (nSPS) is 21.4. The smallest absolute Gasteiger partial charge is 0.221 e. The molecule has 0 aliphatic heterocycles. The van der Waals surface area contributed by atoms with Crippen molar-refractivity contribution in [2.24, 2.45) is 4.99 Å². The molecule has 1 aromatic rings. The van der Waals surface area contributed by atoms with Crippen LogP contribution in [0.25, 0.3) is 0 Å². The predicted octanol–water partition coefficient (Wildman–Crippen LogP) is 2.43. The summed E-state index contributed by atoms with van der Waals surface area (Å²) in [6, 6.07) is 8.21. The molecule has 6 nitrogen and oxygen atoms in total. The maximum Gasteiger partial charge on any atom is 0.221 e. The van der Waals surface area contributed by atoms with Gasteiger partial charge >= 0.3 is 0 Å². The highest BCUT2D eigenvalue weighted by Crippen LogP contribution is 2.23. The van der Waals surface area contributed by atoms with Gasteiger partial charge in [0.05, 0.1) is 0 Å². The number of hydrogen-bond donors (Lipinski definition) is 3. The maximum atomic E-state index is 12.1. The predicted molar refractivity (Wildman–Crippen MR) is 114 cm³/mol. The van der Waals surface area contributed by atoms with Gasteiger partial charge in [-0.1, -0.05) is 25.5 Å². The van der Waals surface area contributed by atoms with Crippen molar-refractivity contribution >= 4 is 28.4 Å². The van der Waals surface area contributed by atoms with E-state index in [1.54, 1.807) is 7.05 Å². The number of benzene rings is 1. The average molecular weight is 393 g/mol. The summed E-state index contributed by atoms with van der Waals surface area (Å²) in [7, 11) is 1.07.